The van der Waals surface area contributed by atoms with Crippen LogP contribution < -0.4 is 5.56 Å². The van der Waals surface area contributed by atoms with Crippen LogP contribution >= 0.6 is 11.6 Å². The molecule has 0 aliphatic heterocycles. The van der Waals surface area contributed by atoms with E-state index in [9.17, 15) is 10.0 Å². The van der Waals surface area contributed by atoms with Crippen LogP contribution in [0.1, 0.15) is 0 Å². The van der Waals surface area contributed by atoms with Gasteiger partial charge >= 0.3 is 5.56 Å². The number of hydrogen-bond acceptors (Lipinski definition) is 4. The average molecular weight is 339 g/mol. The number of rotatable bonds is 2. The van der Waals surface area contributed by atoms with E-state index in [1.165, 1.54) is 4.52 Å². The lowest BCUT2D eigenvalue weighted by molar-refractivity contribution is 0.128. The first-order valence-corrected chi connectivity index (χ1v) is 7.53. The molecule has 6 nitrogen and oxygen atoms in total. The van der Waals surface area contributed by atoms with Gasteiger partial charge in [-0.2, -0.15) is 0 Å². The number of aromatic nitrogens is 4. The molecule has 0 aliphatic rings. The van der Waals surface area contributed by atoms with E-state index in [0.29, 0.717) is 32.3 Å². The van der Waals surface area contributed by atoms with Gasteiger partial charge < -0.3 is 5.21 Å². The van der Waals surface area contributed by atoms with E-state index in [1.54, 1.807) is 48.9 Å². The third-order valence-corrected chi connectivity index (χ3v) is 3.98. The molecule has 0 fully saturated rings. The summed E-state index contributed by atoms with van der Waals surface area (Å²) in [6, 6.07) is 12.4. The maximum atomic E-state index is 12.4. The van der Waals surface area contributed by atoms with Crippen LogP contribution in [0.2, 0.25) is 5.02 Å². The maximum Gasteiger partial charge on any atom is 0.312 e. The topological polar surface area (TPSA) is 72.4 Å². The molecule has 3 heterocycles. The lowest BCUT2D eigenvalue weighted by Crippen LogP contribution is -2.17. The molecule has 0 radical (unpaired) electrons. The molecule has 4 rings (SSSR count). The minimum absolute atomic E-state index is 0.293. The van der Waals surface area contributed by atoms with Gasteiger partial charge in [-0.15, -0.1) is 0 Å². The second kappa shape index (κ2) is 5.50. The summed E-state index contributed by atoms with van der Waals surface area (Å²) in [5, 5.41) is 10.7. The summed E-state index contributed by atoms with van der Waals surface area (Å²) in [7, 11) is 0. The Kier molecular flexibility index (Phi) is 3.32. The molecule has 118 valence electrons. The van der Waals surface area contributed by atoms with Crippen molar-refractivity contribution in [2.24, 2.45) is 0 Å². The Hall–Kier alpha value is -3.12. The van der Waals surface area contributed by atoms with Gasteiger partial charge in [0.2, 0.25) is 0 Å². The molecule has 3 aromatic heterocycles. The summed E-state index contributed by atoms with van der Waals surface area (Å²) in [5.74, 6) is 0. The average Bonchev–Trinajstić information content (AvgIpc) is 2.87. The fraction of sp³-hybridized carbons (Fsp3) is 0. The lowest BCUT2D eigenvalue weighted by atomic mass is 10.1. The van der Waals surface area contributed by atoms with E-state index in [1.807, 2.05) is 12.1 Å². The highest BCUT2D eigenvalue weighted by molar-refractivity contribution is 6.30. The second-order valence-electron chi connectivity index (χ2n) is 5.20. The van der Waals surface area contributed by atoms with Crippen LogP contribution in [0.15, 0.2) is 65.8 Å². The molecular formula is C17H11ClN4O2. The molecule has 24 heavy (non-hydrogen) atoms. The highest BCUT2D eigenvalue weighted by Gasteiger charge is 2.18. The zero-order chi connectivity index (χ0) is 16.7. The monoisotopic (exact) mass is 338 g/mol. The predicted octanol–water partition coefficient (Wildman–Crippen LogP) is 3.12. The fourth-order valence-corrected chi connectivity index (χ4v) is 2.70. The second-order valence-corrected chi connectivity index (χ2v) is 5.64. The minimum atomic E-state index is -0.552. The quantitative estimate of drug-likeness (QED) is 0.570. The Labute approximate surface area is 141 Å². The summed E-state index contributed by atoms with van der Waals surface area (Å²) in [4.78, 5) is 21.5. The molecule has 0 bridgehead atoms. The normalized spacial score (nSPS) is 11.0. The zero-order valence-electron chi connectivity index (χ0n) is 12.3. The van der Waals surface area contributed by atoms with Gasteiger partial charge in [0.05, 0.1) is 11.3 Å². The predicted molar refractivity (Wildman–Crippen MR) is 90.3 cm³/mol. The minimum Gasteiger partial charge on any atom is -0.410 e. The summed E-state index contributed by atoms with van der Waals surface area (Å²) >= 11 is 5.91. The van der Waals surface area contributed by atoms with Crippen molar-refractivity contribution in [3.8, 4) is 22.4 Å². The molecule has 0 atom stereocenters. The smallest absolute Gasteiger partial charge is 0.312 e. The van der Waals surface area contributed by atoms with Crippen LogP contribution in [-0.4, -0.2) is 24.5 Å². The molecule has 0 saturated carbocycles. The van der Waals surface area contributed by atoms with Crippen molar-refractivity contribution in [3.63, 3.8) is 0 Å². The number of benzene rings is 1. The van der Waals surface area contributed by atoms with Crippen molar-refractivity contribution in [2.75, 3.05) is 0 Å². The molecular weight excluding hydrogens is 328 g/mol. The molecule has 1 N–H and O–H groups in total. The Morgan fingerprint density at radius 2 is 1.83 bits per heavy atom. The third kappa shape index (κ3) is 2.24. The van der Waals surface area contributed by atoms with Gasteiger partial charge in [0.1, 0.15) is 0 Å². The standard InChI is InChI=1S/C17H11ClN4O2/c18-13-5-3-11(4-6-13)14-7-9-21-16(20-14)15(17(23)22(21)24)12-2-1-8-19-10-12/h1-10,24H. The largest absolute Gasteiger partial charge is 0.410 e. The van der Waals surface area contributed by atoms with Crippen molar-refractivity contribution < 1.29 is 5.21 Å². The molecule has 0 aliphatic carbocycles. The van der Waals surface area contributed by atoms with Crippen molar-refractivity contribution in [1.82, 2.24) is 19.3 Å². The Balaban J connectivity index is 1.99. The van der Waals surface area contributed by atoms with Crippen molar-refractivity contribution in [1.29, 1.82) is 0 Å². The van der Waals surface area contributed by atoms with Crippen molar-refractivity contribution in [3.05, 3.63) is 76.4 Å². The third-order valence-electron chi connectivity index (χ3n) is 3.73. The fourth-order valence-electron chi connectivity index (χ4n) is 2.58. The SMILES string of the molecule is O=c1c(-c2cccnc2)c2nc(-c3ccc(Cl)cc3)ccn2n1O. The highest BCUT2D eigenvalue weighted by atomic mass is 35.5. The van der Waals surface area contributed by atoms with Crippen molar-refractivity contribution in [2.45, 2.75) is 0 Å². The molecule has 7 heteroatoms. The van der Waals surface area contributed by atoms with E-state index in [0.717, 1.165) is 5.56 Å². The van der Waals surface area contributed by atoms with Crippen LogP contribution in [-0.2, 0) is 0 Å². The van der Waals surface area contributed by atoms with Gasteiger partial charge in [0, 0.05) is 34.7 Å². The van der Waals surface area contributed by atoms with E-state index >= 15 is 0 Å². The Bertz CT molecular complexity index is 1090. The van der Waals surface area contributed by atoms with E-state index in [-0.39, 0.29) is 0 Å². The van der Waals surface area contributed by atoms with Gasteiger partial charge in [0.25, 0.3) is 0 Å². The summed E-state index contributed by atoms with van der Waals surface area (Å²) in [6.45, 7) is 0. The first-order chi connectivity index (χ1) is 11.6. The first kappa shape index (κ1) is 14.5. The Morgan fingerprint density at radius 3 is 2.54 bits per heavy atom. The molecule has 0 saturated heterocycles. The Morgan fingerprint density at radius 1 is 1.04 bits per heavy atom. The lowest BCUT2D eigenvalue weighted by Gasteiger charge is -2.04. The molecule has 0 unspecified atom stereocenters. The number of hydrogen-bond donors (Lipinski definition) is 1. The molecule has 1 aromatic carbocycles. The summed E-state index contributed by atoms with van der Waals surface area (Å²) < 4.78 is 1.30. The van der Waals surface area contributed by atoms with Crippen LogP contribution in [0.25, 0.3) is 28.0 Å². The van der Waals surface area contributed by atoms with Crippen LogP contribution in [0.3, 0.4) is 0 Å². The van der Waals surface area contributed by atoms with E-state index in [4.69, 9.17) is 11.6 Å². The van der Waals surface area contributed by atoms with Gasteiger partial charge in [-0.3, -0.25) is 9.78 Å². The number of fused-ring (bicyclic) bond motifs is 1. The highest BCUT2D eigenvalue weighted by Crippen LogP contribution is 2.24. The molecule has 4 aromatic rings. The number of nitrogens with zero attached hydrogens (tertiary/aromatic N) is 4. The number of halogens is 1. The van der Waals surface area contributed by atoms with E-state index in [2.05, 4.69) is 9.97 Å². The maximum absolute atomic E-state index is 12.4. The van der Waals surface area contributed by atoms with Gasteiger partial charge in [-0.25, -0.2) is 9.50 Å². The zero-order valence-corrected chi connectivity index (χ0v) is 13.1. The van der Waals surface area contributed by atoms with Crippen LogP contribution in [0, 0.1) is 0 Å². The molecule has 0 spiro atoms. The molecule has 0 amide bonds. The van der Waals surface area contributed by atoms with Crippen molar-refractivity contribution >= 4 is 17.2 Å². The summed E-state index contributed by atoms with van der Waals surface area (Å²) in [6.07, 6.45) is 4.77. The summed E-state index contributed by atoms with van der Waals surface area (Å²) in [5.41, 5.74) is 2.21. The van der Waals surface area contributed by atoms with Crippen LogP contribution in [0.4, 0.5) is 0 Å². The van der Waals surface area contributed by atoms with E-state index < -0.39 is 5.56 Å². The van der Waals surface area contributed by atoms with Crippen LogP contribution in [0.5, 0.6) is 0 Å². The van der Waals surface area contributed by atoms with Gasteiger partial charge in [-0.1, -0.05) is 34.6 Å². The number of pyridine rings is 1. The van der Waals surface area contributed by atoms with Gasteiger partial charge in [0.15, 0.2) is 5.65 Å². The first-order valence-electron chi connectivity index (χ1n) is 7.15. The van der Waals surface area contributed by atoms with Gasteiger partial charge in [-0.05, 0) is 24.3 Å².